The van der Waals surface area contributed by atoms with E-state index in [1.54, 1.807) is 6.92 Å². The second kappa shape index (κ2) is 5.28. The highest BCUT2D eigenvalue weighted by Gasteiger charge is 2.20. The number of carboxylic acids is 1. The maximum atomic E-state index is 12.1. The molecule has 1 heterocycles. The summed E-state index contributed by atoms with van der Waals surface area (Å²) in [6.07, 6.45) is 1.40. The Hall–Kier alpha value is -1.82. The van der Waals surface area contributed by atoms with Gasteiger partial charge in [-0.1, -0.05) is 13.3 Å². The van der Waals surface area contributed by atoms with Crippen molar-refractivity contribution in [2.75, 3.05) is 5.75 Å². The molecule has 0 aliphatic heterocycles. The fraction of sp³-hybridized carbons (Fsp3) is 0.357. The molecular weight excluding hydrogens is 280 g/mol. The van der Waals surface area contributed by atoms with Crippen molar-refractivity contribution in [3.63, 3.8) is 0 Å². The summed E-state index contributed by atoms with van der Waals surface area (Å²) < 4.78 is 29.5. The number of fused-ring (bicyclic) bond motifs is 1. The number of benzene rings is 1. The third-order valence-electron chi connectivity index (χ3n) is 3.23. The van der Waals surface area contributed by atoms with E-state index >= 15 is 0 Å². The molecule has 6 heteroatoms. The van der Waals surface area contributed by atoms with Gasteiger partial charge in [0.15, 0.2) is 9.84 Å². The quantitative estimate of drug-likeness (QED) is 0.916. The van der Waals surface area contributed by atoms with Crippen molar-refractivity contribution in [2.45, 2.75) is 31.6 Å². The minimum Gasteiger partial charge on any atom is -0.475 e. The van der Waals surface area contributed by atoms with Crippen LogP contribution in [0.15, 0.2) is 27.5 Å². The van der Waals surface area contributed by atoms with Crippen molar-refractivity contribution in [3.8, 4) is 0 Å². The van der Waals surface area contributed by atoms with Gasteiger partial charge in [-0.25, -0.2) is 13.2 Å². The Kier molecular flexibility index (Phi) is 3.85. The van der Waals surface area contributed by atoms with Crippen molar-refractivity contribution < 1.29 is 22.7 Å². The van der Waals surface area contributed by atoms with Crippen LogP contribution in [0, 0.1) is 6.92 Å². The summed E-state index contributed by atoms with van der Waals surface area (Å²) in [6.45, 7) is 3.54. The molecule has 0 atom stereocenters. The van der Waals surface area contributed by atoms with Crippen LogP contribution in [0.4, 0.5) is 0 Å². The van der Waals surface area contributed by atoms with Crippen molar-refractivity contribution in [2.24, 2.45) is 0 Å². The number of furan rings is 1. The molecule has 2 rings (SSSR count). The summed E-state index contributed by atoms with van der Waals surface area (Å²) >= 11 is 0. The number of hydrogen-bond acceptors (Lipinski definition) is 4. The molecule has 0 radical (unpaired) electrons. The second-order valence-electron chi connectivity index (χ2n) is 4.69. The largest absolute Gasteiger partial charge is 0.475 e. The molecule has 1 N–H and O–H groups in total. The first-order valence-electron chi connectivity index (χ1n) is 6.36. The van der Waals surface area contributed by atoms with Gasteiger partial charge in [-0.3, -0.25) is 0 Å². The molecule has 0 aliphatic rings. The first-order valence-corrected chi connectivity index (χ1v) is 8.01. The third-order valence-corrected chi connectivity index (χ3v) is 5.03. The summed E-state index contributed by atoms with van der Waals surface area (Å²) in [4.78, 5) is 11.2. The Balaban J connectivity index is 2.54. The first-order chi connectivity index (χ1) is 9.36. The van der Waals surface area contributed by atoms with Gasteiger partial charge in [0.05, 0.1) is 10.6 Å². The van der Waals surface area contributed by atoms with Crippen LogP contribution in [0.3, 0.4) is 0 Å². The average Bonchev–Trinajstić information content (AvgIpc) is 2.74. The van der Waals surface area contributed by atoms with E-state index in [2.05, 4.69) is 0 Å². The van der Waals surface area contributed by atoms with E-state index in [1.807, 2.05) is 6.92 Å². The van der Waals surface area contributed by atoms with Crippen LogP contribution in [0.1, 0.15) is 35.9 Å². The van der Waals surface area contributed by atoms with Crippen LogP contribution in [0.5, 0.6) is 0 Å². The van der Waals surface area contributed by atoms with Crippen LogP contribution >= 0.6 is 0 Å². The summed E-state index contributed by atoms with van der Waals surface area (Å²) in [5.41, 5.74) is 0.828. The van der Waals surface area contributed by atoms with Crippen molar-refractivity contribution in [1.82, 2.24) is 0 Å². The van der Waals surface area contributed by atoms with Crippen LogP contribution in [-0.4, -0.2) is 25.2 Å². The number of unbranched alkanes of at least 4 members (excludes halogenated alkanes) is 1. The molecule has 0 bridgehead atoms. The molecular formula is C14H16O5S. The Labute approximate surface area is 117 Å². The van der Waals surface area contributed by atoms with Crippen LogP contribution < -0.4 is 0 Å². The van der Waals surface area contributed by atoms with E-state index in [1.165, 1.54) is 18.2 Å². The zero-order chi connectivity index (χ0) is 14.9. The number of sulfone groups is 1. The van der Waals surface area contributed by atoms with E-state index in [0.29, 0.717) is 23.0 Å². The molecule has 2 aromatic rings. The highest BCUT2D eigenvalue weighted by atomic mass is 32.2. The van der Waals surface area contributed by atoms with Gasteiger partial charge in [0.1, 0.15) is 5.58 Å². The SMILES string of the molecule is CCCCS(=O)(=O)c1ccc2oc(C(=O)O)c(C)c2c1. The highest BCUT2D eigenvalue weighted by molar-refractivity contribution is 7.91. The van der Waals surface area contributed by atoms with Gasteiger partial charge in [-0.05, 0) is 31.5 Å². The summed E-state index contributed by atoms with van der Waals surface area (Å²) in [5.74, 6) is -1.21. The molecule has 20 heavy (non-hydrogen) atoms. The van der Waals surface area contributed by atoms with Crippen LogP contribution in [0.2, 0.25) is 0 Å². The van der Waals surface area contributed by atoms with Crippen molar-refractivity contribution in [1.29, 1.82) is 0 Å². The number of carbonyl (C=O) groups is 1. The number of aryl methyl sites for hydroxylation is 1. The van der Waals surface area contributed by atoms with Crippen molar-refractivity contribution >= 4 is 26.8 Å². The predicted molar refractivity (Wildman–Crippen MR) is 74.9 cm³/mol. The van der Waals surface area contributed by atoms with Gasteiger partial charge in [0.2, 0.25) is 5.76 Å². The van der Waals surface area contributed by atoms with E-state index in [4.69, 9.17) is 9.52 Å². The molecule has 0 saturated carbocycles. The minimum atomic E-state index is -3.33. The maximum Gasteiger partial charge on any atom is 0.372 e. The van der Waals surface area contributed by atoms with Gasteiger partial charge in [-0.2, -0.15) is 0 Å². The van der Waals surface area contributed by atoms with Crippen molar-refractivity contribution in [3.05, 3.63) is 29.5 Å². The third kappa shape index (κ3) is 2.56. The molecule has 0 aliphatic carbocycles. The lowest BCUT2D eigenvalue weighted by Crippen LogP contribution is -2.06. The lowest BCUT2D eigenvalue weighted by molar-refractivity contribution is 0.0664. The molecule has 1 aromatic heterocycles. The zero-order valence-corrected chi connectivity index (χ0v) is 12.2. The smallest absolute Gasteiger partial charge is 0.372 e. The molecule has 0 fully saturated rings. The number of hydrogen-bond donors (Lipinski definition) is 1. The maximum absolute atomic E-state index is 12.1. The fourth-order valence-electron chi connectivity index (χ4n) is 2.05. The van der Waals surface area contributed by atoms with Gasteiger partial charge in [-0.15, -0.1) is 0 Å². The second-order valence-corrected chi connectivity index (χ2v) is 6.80. The van der Waals surface area contributed by atoms with Gasteiger partial charge < -0.3 is 9.52 Å². The topological polar surface area (TPSA) is 84.6 Å². The van der Waals surface area contributed by atoms with E-state index in [0.717, 1.165) is 6.42 Å². The van der Waals surface area contributed by atoms with Gasteiger partial charge >= 0.3 is 5.97 Å². The fourth-order valence-corrected chi connectivity index (χ4v) is 3.53. The Bertz CT molecular complexity index is 755. The summed E-state index contributed by atoms with van der Waals surface area (Å²) in [5, 5.41) is 9.53. The number of aromatic carboxylic acids is 1. The lowest BCUT2D eigenvalue weighted by atomic mass is 10.1. The van der Waals surface area contributed by atoms with Crippen LogP contribution in [0.25, 0.3) is 11.0 Å². The normalized spacial score (nSPS) is 11.9. The van der Waals surface area contributed by atoms with E-state index in [9.17, 15) is 13.2 Å². The standard InChI is InChI=1S/C14H16O5S/c1-3-4-7-20(17,18)10-5-6-12-11(8-10)9(2)13(19-12)14(15)16/h5-6,8H,3-4,7H2,1-2H3,(H,15,16). The average molecular weight is 296 g/mol. The number of rotatable bonds is 5. The van der Waals surface area contributed by atoms with Crippen LogP contribution in [-0.2, 0) is 9.84 Å². The summed E-state index contributed by atoms with van der Waals surface area (Å²) in [7, 11) is -3.33. The zero-order valence-electron chi connectivity index (χ0n) is 11.3. The lowest BCUT2D eigenvalue weighted by Gasteiger charge is -2.03. The molecule has 5 nitrogen and oxygen atoms in total. The highest BCUT2D eigenvalue weighted by Crippen LogP contribution is 2.28. The number of carboxylic acid groups (broad SMARTS) is 1. The molecule has 108 valence electrons. The van der Waals surface area contributed by atoms with Gasteiger partial charge in [0, 0.05) is 10.9 Å². The molecule has 0 amide bonds. The molecule has 0 spiro atoms. The van der Waals surface area contributed by atoms with E-state index < -0.39 is 15.8 Å². The molecule has 0 unspecified atom stereocenters. The first kappa shape index (κ1) is 14.6. The Morgan fingerprint density at radius 1 is 1.35 bits per heavy atom. The Morgan fingerprint density at radius 3 is 2.65 bits per heavy atom. The van der Waals surface area contributed by atoms with E-state index in [-0.39, 0.29) is 16.4 Å². The predicted octanol–water partition coefficient (Wildman–Crippen LogP) is 3.01. The minimum absolute atomic E-state index is 0.0949. The van der Waals surface area contributed by atoms with Gasteiger partial charge in [0.25, 0.3) is 0 Å². The monoisotopic (exact) mass is 296 g/mol. The summed E-state index contributed by atoms with van der Waals surface area (Å²) in [6, 6.07) is 4.46. The molecule has 0 saturated heterocycles. The Morgan fingerprint density at radius 2 is 2.05 bits per heavy atom. The molecule has 1 aromatic carbocycles.